The highest BCUT2D eigenvalue weighted by molar-refractivity contribution is 8.13. The molecule has 0 aromatic carbocycles. The van der Waals surface area contributed by atoms with Gasteiger partial charge in [-0.2, -0.15) is 0 Å². The molecule has 0 aromatic heterocycles. The molecule has 1 amide bonds. The quantitative estimate of drug-likeness (QED) is 0.328. The van der Waals surface area contributed by atoms with E-state index in [2.05, 4.69) is 4.99 Å². The summed E-state index contributed by atoms with van der Waals surface area (Å²) >= 11 is 1.20. The van der Waals surface area contributed by atoms with Gasteiger partial charge in [-0.1, -0.05) is 11.8 Å². The van der Waals surface area contributed by atoms with Crippen molar-refractivity contribution in [1.29, 1.82) is 0 Å². The van der Waals surface area contributed by atoms with Gasteiger partial charge in [0.05, 0.1) is 0 Å². The van der Waals surface area contributed by atoms with Crippen molar-refractivity contribution in [1.82, 2.24) is 4.90 Å². The zero-order chi connectivity index (χ0) is 16.7. The second-order valence-electron chi connectivity index (χ2n) is 5.20. The lowest BCUT2D eigenvalue weighted by Crippen LogP contribution is -2.38. The monoisotopic (exact) mass is 330 g/mol. The number of hydrogen-bond acceptors (Lipinski definition) is 6. The number of carboxylic acids is 1. The largest absolute Gasteiger partial charge is 0.480 e. The highest BCUT2D eigenvalue weighted by Gasteiger charge is 2.31. The van der Waals surface area contributed by atoms with Crippen molar-refractivity contribution in [3.63, 3.8) is 0 Å². The molecule has 1 rings (SSSR count). The lowest BCUT2D eigenvalue weighted by molar-refractivity contribution is -0.138. The molecule has 2 atom stereocenters. The van der Waals surface area contributed by atoms with Crippen LogP contribution < -0.4 is 11.5 Å². The Morgan fingerprint density at radius 1 is 1.55 bits per heavy atom. The molecule has 0 saturated carbocycles. The van der Waals surface area contributed by atoms with Crippen molar-refractivity contribution >= 4 is 34.7 Å². The summed E-state index contributed by atoms with van der Waals surface area (Å²) in [7, 11) is 0. The van der Waals surface area contributed by atoms with E-state index in [4.69, 9.17) is 16.6 Å². The summed E-state index contributed by atoms with van der Waals surface area (Å²) in [4.78, 5) is 38.9. The van der Waals surface area contributed by atoms with E-state index in [1.54, 1.807) is 0 Å². The molecule has 1 unspecified atom stereocenters. The summed E-state index contributed by atoms with van der Waals surface area (Å²) in [5, 5.41) is 8.68. The van der Waals surface area contributed by atoms with Gasteiger partial charge in [0.15, 0.2) is 11.1 Å². The first kappa shape index (κ1) is 18.4. The summed E-state index contributed by atoms with van der Waals surface area (Å²) in [6.07, 6.45) is 1.15. The molecule has 1 heterocycles. The van der Waals surface area contributed by atoms with Gasteiger partial charge in [0.1, 0.15) is 6.04 Å². The highest BCUT2D eigenvalue weighted by atomic mass is 32.2. The Hall–Kier alpha value is -1.61. The van der Waals surface area contributed by atoms with Crippen LogP contribution >= 0.6 is 11.8 Å². The summed E-state index contributed by atoms with van der Waals surface area (Å²) in [6, 6.07) is -0.905. The maximum atomic E-state index is 11.9. The first-order chi connectivity index (χ1) is 10.3. The van der Waals surface area contributed by atoms with Crippen LogP contribution in [0.5, 0.6) is 0 Å². The number of amides is 1. The lowest BCUT2D eigenvalue weighted by Gasteiger charge is -2.15. The number of aliphatic carboxylic acids is 1. The average molecular weight is 330 g/mol. The van der Waals surface area contributed by atoms with Gasteiger partial charge in [-0.25, -0.2) is 0 Å². The van der Waals surface area contributed by atoms with Crippen molar-refractivity contribution in [2.75, 3.05) is 18.8 Å². The Labute approximate surface area is 133 Å². The zero-order valence-corrected chi connectivity index (χ0v) is 13.3. The number of hydrogen-bond donors (Lipinski definition) is 3. The van der Waals surface area contributed by atoms with Crippen molar-refractivity contribution in [3.8, 4) is 0 Å². The second kappa shape index (κ2) is 8.74. The fourth-order valence-electron chi connectivity index (χ4n) is 2.06. The minimum Gasteiger partial charge on any atom is -0.480 e. The highest BCUT2D eigenvalue weighted by Crippen LogP contribution is 2.22. The van der Waals surface area contributed by atoms with E-state index in [-0.39, 0.29) is 22.9 Å². The van der Waals surface area contributed by atoms with E-state index >= 15 is 0 Å². The van der Waals surface area contributed by atoms with Crippen LogP contribution in [0.4, 0.5) is 0 Å². The molecule has 0 aliphatic carbocycles. The Balaban J connectivity index is 2.39. The van der Waals surface area contributed by atoms with Crippen LogP contribution in [0.25, 0.3) is 0 Å². The van der Waals surface area contributed by atoms with E-state index in [9.17, 15) is 14.4 Å². The number of nitrogens with zero attached hydrogens (tertiary/aromatic N) is 2. The molecule has 0 aromatic rings. The first-order valence-electron chi connectivity index (χ1n) is 7.03. The van der Waals surface area contributed by atoms with Crippen LogP contribution in [0.3, 0.4) is 0 Å². The number of nitrogens with two attached hydrogens (primary N) is 2. The number of rotatable bonds is 7. The van der Waals surface area contributed by atoms with Crippen molar-refractivity contribution < 1.29 is 19.5 Å². The van der Waals surface area contributed by atoms with Crippen LogP contribution in [0.1, 0.15) is 26.2 Å². The molecule has 1 aliphatic rings. The summed E-state index contributed by atoms with van der Waals surface area (Å²) in [5.74, 6) is -0.312. The standard InChI is InChI=1S/C13H22N4O4S/c1-8(18)22-7-9-5-11(19)17(6-9)13(15)16-4-2-3-10(14)12(20)21/h9-10H,2-7,14H2,1H3,(H2,15,16)(H,20,21)/t9?,10-/m0/s1. The Bertz CT molecular complexity index is 469. The van der Waals surface area contributed by atoms with Crippen LogP contribution in [0.15, 0.2) is 4.99 Å². The predicted octanol–water partition coefficient (Wildman–Crippen LogP) is -0.379. The van der Waals surface area contributed by atoms with Gasteiger partial charge < -0.3 is 16.6 Å². The Morgan fingerprint density at radius 2 is 2.23 bits per heavy atom. The number of carbonyl (C=O) groups excluding carboxylic acids is 2. The molecule has 5 N–H and O–H groups in total. The van der Waals surface area contributed by atoms with E-state index in [1.807, 2.05) is 0 Å². The number of likely N-dealkylation sites (tertiary alicyclic amines) is 1. The smallest absolute Gasteiger partial charge is 0.320 e. The Morgan fingerprint density at radius 3 is 2.82 bits per heavy atom. The molecular formula is C13H22N4O4S. The molecule has 1 saturated heterocycles. The zero-order valence-electron chi connectivity index (χ0n) is 12.5. The molecule has 1 aliphatic heterocycles. The molecule has 0 radical (unpaired) electrons. The van der Waals surface area contributed by atoms with Crippen molar-refractivity contribution in [3.05, 3.63) is 0 Å². The number of thioether (sulfide) groups is 1. The van der Waals surface area contributed by atoms with Gasteiger partial charge in [0.2, 0.25) is 5.91 Å². The van der Waals surface area contributed by atoms with E-state index < -0.39 is 12.0 Å². The van der Waals surface area contributed by atoms with Crippen LogP contribution in [-0.2, 0) is 14.4 Å². The third-order valence-electron chi connectivity index (χ3n) is 3.27. The summed E-state index contributed by atoms with van der Waals surface area (Å²) < 4.78 is 0. The number of carboxylic acid groups (broad SMARTS) is 1. The molecule has 0 bridgehead atoms. The van der Waals surface area contributed by atoms with Crippen LogP contribution in [-0.4, -0.2) is 57.8 Å². The minimum atomic E-state index is -1.04. The van der Waals surface area contributed by atoms with Gasteiger partial charge in [-0.05, 0) is 18.8 Å². The second-order valence-corrected chi connectivity index (χ2v) is 6.40. The van der Waals surface area contributed by atoms with E-state index in [1.165, 1.54) is 23.6 Å². The normalized spacial score (nSPS) is 20.3. The van der Waals surface area contributed by atoms with E-state index in [0.717, 1.165) is 0 Å². The topological polar surface area (TPSA) is 139 Å². The maximum Gasteiger partial charge on any atom is 0.320 e. The predicted molar refractivity (Wildman–Crippen MR) is 84.3 cm³/mol. The number of aliphatic imine (C=N–C) groups is 1. The van der Waals surface area contributed by atoms with Gasteiger partial charge in [0, 0.05) is 32.2 Å². The molecule has 0 spiro atoms. The SMILES string of the molecule is CC(=O)SCC1CC(=O)N(C(N)=NCCC[C@H](N)C(=O)O)C1. The molecule has 1 fully saturated rings. The molecule has 124 valence electrons. The van der Waals surface area contributed by atoms with Crippen LogP contribution in [0, 0.1) is 5.92 Å². The fraction of sp³-hybridized carbons (Fsp3) is 0.692. The fourth-order valence-corrected chi connectivity index (χ4v) is 2.76. The van der Waals surface area contributed by atoms with E-state index in [0.29, 0.717) is 38.1 Å². The number of guanidine groups is 1. The van der Waals surface area contributed by atoms with Gasteiger partial charge >= 0.3 is 5.97 Å². The summed E-state index contributed by atoms with van der Waals surface area (Å²) in [5.41, 5.74) is 11.2. The molecule has 22 heavy (non-hydrogen) atoms. The average Bonchev–Trinajstić information content (AvgIpc) is 2.82. The Kier molecular flexibility index (Phi) is 7.33. The van der Waals surface area contributed by atoms with Crippen LogP contribution in [0.2, 0.25) is 0 Å². The van der Waals surface area contributed by atoms with Gasteiger partial charge in [-0.3, -0.25) is 24.3 Å². The van der Waals surface area contributed by atoms with Crippen molar-refractivity contribution in [2.45, 2.75) is 32.2 Å². The van der Waals surface area contributed by atoms with Gasteiger partial charge in [0.25, 0.3) is 0 Å². The van der Waals surface area contributed by atoms with Crippen molar-refractivity contribution in [2.24, 2.45) is 22.4 Å². The summed E-state index contributed by atoms with van der Waals surface area (Å²) in [6.45, 7) is 2.28. The molecule has 8 nitrogen and oxygen atoms in total. The molecular weight excluding hydrogens is 308 g/mol. The maximum absolute atomic E-state index is 11.9. The minimum absolute atomic E-state index is 0.0299. The third-order valence-corrected chi connectivity index (χ3v) is 4.31. The third kappa shape index (κ3) is 6.02. The molecule has 9 heteroatoms. The van der Waals surface area contributed by atoms with Gasteiger partial charge in [-0.15, -0.1) is 0 Å². The number of carbonyl (C=O) groups is 3. The lowest BCUT2D eigenvalue weighted by atomic mass is 10.1. The first-order valence-corrected chi connectivity index (χ1v) is 8.01.